The SMILES string of the molecule is [Na+].[S-]c1nnc(-c2ccc(Br)cc2)n1-c1ccccc1. The van der Waals surface area contributed by atoms with Crippen molar-refractivity contribution in [3.05, 3.63) is 59.1 Å². The Balaban J connectivity index is 0.00000147. The minimum Gasteiger partial charge on any atom is -0.740 e. The minimum absolute atomic E-state index is 0. The molecule has 3 rings (SSSR count). The van der Waals surface area contributed by atoms with Crippen molar-refractivity contribution in [1.82, 2.24) is 14.8 Å². The summed E-state index contributed by atoms with van der Waals surface area (Å²) >= 11 is 8.68. The van der Waals surface area contributed by atoms with Gasteiger partial charge in [-0.1, -0.05) is 46.3 Å². The van der Waals surface area contributed by atoms with E-state index in [-0.39, 0.29) is 29.6 Å². The maximum absolute atomic E-state index is 5.26. The summed E-state index contributed by atoms with van der Waals surface area (Å²) in [6.07, 6.45) is 0. The maximum Gasteiger partial charge on any atom is 1.00 e. The van der Waals surface area contributed by atoms with Gasteiger partial charge in [-0.3, -0.25) is 4.57 Å². The van der Waals surface area contributed by atoms with Crippen molar-refractivity contribution in [2.45, 2.75) is 5.16 Å². The summed E-state index contributed by atoms with van der Waals surface area (Å²) in [6, 6.07) is 17.8. The van der Waals surface area contributed by atoms with Gasteiger partial charge in [0.25, 0.3) is 0 Å². The number of para-hydroxylation sites is 1. The van der Waals surface area contributed by atoms with E-state index < -0.39 is 0 Å². The van der Waals surface area contributed by atoms with E-state index in [1.807, 2.05) is 59.2 Å². The molecule has 94 valence electrons. The topological polar surface area (TPSA) is 30.7 Å². The average molecular weight is 354 g/mol. The molecule has 1 heterocycles. The zero-order valence-electron chi connectivity index (χ0n) is 10.8. The van der Waals surface area contributed by atoms with Gasteiger partial charge in [0.15, 0.2) is 5.82 Å². The summed E-state index contributed by atoms with van der Waals surface area (Å²) in [7, 11) is 0. The Hall–Kier alpha value is -0.720. The number of hydrogen-bond donors (Lipinski definition) is 0. The molecule has 0 amide bonds. The number of rotatable bonds is 2. The van der Waals surface area contributed by atoms with Gasteiger partial charge in [-0.05, 0) is 24.3 Å². The molecule has 0 atom stereocenters. The van der Waals surface area contributed by atoms with Crippen LogP contribution in [0.4, 0.5) is 0 Å². The second kappa shape index (κ2) is 6.83. The predicted molar refractivity (Wildman–Crippen MR) is 80.1 cm³/mol. The molecule has 0 aliphatic heterocycles. The van der Waals surface area contributed by atoms with Gasteiger partial charge in [0.1, 0.15) is 0 Å². The molecular weight excluding hydrogens is 345 g/mol. The van der Waals surface area contributed by atoms with Crippen LogP contribution in [0.1, 0.15) is 0 Å². The zero-order valence-corrected chi connectivity index (χ0v) is 15.2. The summed E-state index contributed by atoms with van der Waals surface area (Å²) in [5, 5.41) is 8.66. The first kappa shape index (κ1) is 15.7. The first-order valence-electron chi connectivity index (χ1n) is 5.69. The molecule has 6 heteroatoms. The van der Waals surface area contributed by atoms with Crippen LogP contribution in [0, 0.1) is 0 Å². The molecule has 3 nitrogen and oxygen atoms in total. The van der Waals surface area contributed by atoms with E-state index in [2.05, 4.69) is 26.1 Å². The summed E-state index contributed by atoms with van der Waals surface area (Å²) < 4.78 is 2.90. The third-order valence-electron chi connectivity index (χ3n) is 2.75. The van der Waals surface area contributed by atoms with E-state index in [1.54, 1.807) is 0 Å². The van der Waals surface area contributed by atoms with E-state index in [9.17, 15) is 0 Å². The van der Waals surface area contributed by atoms with Gasteiger partial charge in [0.2, 0.25) is 0 Å². The molecule has 0 N–H and O–H groups in total. The Morgan fingerprint density at radius 3 is 2.20 bits per heavy atom. The number of nitrogens with zero attached hydrogens (tertiary/aromatic N) is 3. The van der Waals surface area contributed by atoms with Crippen LogP contribution >= 0.6 is 15.9 Å². The molecule has 0 saturated heterocycles. The van der Waals surface area contributed by atoms with Crippen molar-refractivity contribution in [1.29, 1.82) is 0 Å². The van der Waals surface area contributed by atoms with Gasteiger partial charge in [0.05, 0.1) is 0 Å². The molecule has 0 aliphatic rings. The first-order chi connectivity index (χ1) is 9.25. The van der Waals surface area contributed by atoms with Gasteiger partial charge in [-0.2, -0.15) is 5.10 Å². The van der Waals surface area contributed by atoms with Gasteiger partial charge in [-0.15, -0.1) is 5.10 Å². The summed E-state index contributed by atoms with van der Waals surface area (Å²) in [5.74, 6) is 0.753. The fourth-order valence-electron chi connectivity index (χ4n) is 1.87. The Kier molecular flexibility index (Phi) is 5.35. The maximum atomic E-state index is 5.26. The largest absolute Gasteiger partial charge is 1.00 e. The molecule has 1 aromatic heterocycles. The summed E-state index contributed by atoms with van der Waals surface area (Å²) in [4.78, 5) is 0. The smallest absolute Gasteiger partial charge is 0.740 e. The fraction of sp³-hybridized carbons (Fsp3) is 0. The third kappa shape index (κ3) is 3.13. The molecule has 0 radical (unpaired) electrons. The fourth-order valence-corrected chi connectivity index (χ4v) is 2.36. The normalized spacial score (nSPS) is 10.1. The Labute approximate surface area is 153 Å². The Bertz CT molecular complexity index is 698. The van der Waals surface area contributed by atoms with E-state index in [1.165, 1.54) is 0 Å². The van der Waals surface area contributed by atoms with Crippen LogP contribution in [0.5, 0.6) is 0 Å². The van der Waals surface area contributed by atoms with E-state index >= 15 is 0 Å². The van der Waals surface area contributed by atoms with Gasteiger partial charge < -0.3 is 12.6 Å². The van der Waals surface area contributed by atoms with Crippen molar-refractivity contribution in [3.8, 4) is 17.1 Å². The predicted octanol–water partition coefficient (Wildman–Crippen LogP) is 0.607. The first-order valence-corrected chi connectivity index (χ1v) is 6.89. The Morgan fingerprint density at radius 1 is 0.900 bits per heavy atom. The monoisotopic (exact) mass is 353 g/mol. The quantitative estimate of drug-likeness (QED) is 0.499. The number of halogens is 1. The molecule has 0 bridgehead atoms. The van der Waals surface area contributed by atoms with Crippen LogP contribution in [-0.4, -0.2) is 14.8 Å². The van der Waals surface area contributed by atoms with Crippen LogP contribution in [0.2, 0.25) is 0 Å². The van der Waals surface area contributed by atoms with Gasteiger partial charge in [-0.25, -0.2) is 0 Å². The summed E-state index contributed by atoms with van der Waals surface area (Å²) in [5.41, 5.74) is 1.95. The van der Waals surface area contributed by atoms with Gasteiger partial charge in [0, 0.05) is 20.9 Å². The second-order valence-corrected chi connectivity index (χ2v) is 5.26. The molecule has 0 fully saturated rings. The van der Waals surface area contributed by atoms with Crippen molar-refractivity contribution in [3.63, 3.8) is 0 Å². The van der Waals surface area contributed by atoms with E-state index in [4.69, 9.17) is 12.6 Å². The number of aromatic nitrogens is 3. The average Bonchev–Trinajstić information content (AvgIpc) is 2.82. The van der Waals surface area contributed by atoms with Crippen molar-refractivity contribution in [2.24, 2.45) is 0 Å². The second-order valence-electron chi connectivity index (χ2n) is 3.98. The van der Waals surface area contributed by atoms with Gasteiger partial charge >= 0.3 is 29.6 Å². The van der Waals surface area contributed by atoms with Crippen LogP contribution in [-0.2, 0) is 12.6 Å². The van der Waals surface area contributed by atoms with Crippen molar-refractivity contribution >= 4 is 28.6 Å². The van der Waals surface area contributed by atoms with E-state index in [0.29, 0.717) is 5.16 Å². The van der Waals surface area contributed by atoms with E-state index in [0.717, 1.165) is 21.5 Å². The molecule has 0 unspecified atom stereocenters. The molecular formula is C14H9BrN3NaS. The number of benzene rings is 2. The minimum atomic E-state index is 0. The zero-order chi connectivity index (χ0) is 13.2. The summed E-state index contributed by atoms with van der Waals surface area (Å²) in [6.45, 7) is 0. The van der Waals surface area contributed by atoms with Crippen LogP contribution < -0.4 is 29.6 Å². The molecule has 2 aromatic carbocycles. The van der Waals surface area contributed by atoms with Crippen LogP contribution in [0.25, 0.3) is 17.1 Å². The molecule has 0 spiro atoms. The van der Waals surface area contributed by atoms with Crippen molar-refractivity contribution in [2.75, 3.05) is 0 Å². The van der Waals surface area contributed by atoms with Crippen molar-refractivity contribution < 1.29 is 29.6 Å². The third-order valence-corrected chi connectivity index (χ3v) is 3.54. The van der Waals surface area contributed by atoms with Crippen LogP contribution in [0.15, 0.2) is 64.2 Å². The molecule has 0 aliphatic carbocycles. The molecule has 0 saturated carbocycles. The standard InChI is InChI=1S/C14H10BrN3S.Na/c15-11-8-6-10(7-9-11)13-16-17-14(19)18(13)12-4-2-1-3-5-12;/h1-9H,(H,17,19);/q;+1/p-1. The number of hydrogen-bond acceptors (Lipinski definition) is 3. The molecule has 3 aromatic rings. The Morgan fingerprint density at radius 2 is 1.55 bits per heavy atom. The van der Waals surface area contributed by atoms with Crippen LogP contribution in [0.3, 0.4) is 0 Å². The molecule has 20 heavy (non-hydrogen) atoms.